The van der Waals surface area contributed by atoms with Crippen LogP contribution in [0.5, 0.6) is 0 Å². The van der Waals surface area contributed by atoms with E-state index >= 15 is 0 Å². The van der Waals surface area contributed by atoms with Crippen LogP contribution in [0, 0.1) is 5.92 Å². The Balaban J connectivity index is 2.67. The molecule has 0 saturated heterocycles. The average molecular weight is 177 g/mol. The molecule has 0 N–H and O–H groups in total. The number of nitrogens with zero attached hydrogens (tertiary/aromatic N) is 1. The van der Waals surface area contributed by atoms with Crippen LogP contribution < -0.4 is 0 Å². The molecular weight excluding hydrogens is 158 g/mol. The van der Waals surface area contributed by atoms with Gasteiger partial charge in [-0.25, -0.2) is 0 Å². The lowest BCUT2D eigenvalue weighted by Gasteiger charge is -2.16. The lowest BCUT2D eigenvalue weighted by Crippen LogP contribution is -2.03. The summed E-state index contributed by atoms with van der Waals surface area (Å²) in [5.74, 6) is 1.40. The molecule has 1 atom stereocenters. The van der Waals surface area contributed by atoms with Crippen LogP contribution in [0.15, 0.2) is 24.4 Å². The molecule has 1 nitrogen and oxygen atoms in total. The highest BCUT2D eigenvalue weighted by atomic mass is 14.7. The maximum Gasteiger partial charge on any atom is 0.0434 e. The number of pyridine rings is 1. The van der Waals surface area contributed by atoms with Crippen molar-refractivity contribution in [3.8, 4) is 0 Å². The van der Waals surface area contributed by atoms with Crippen molar-refractivity contribution < 1.29 is 0 Å². The van der Waals surface area contributed by atoms with E-state index in [0.29, 0.717) is 5.92 Å². The summed E-state index contributed by atoms with van der Waals surface area (Å²) in [7, 11) is 0. The number of hydrogen-bond donors (Lipinski definition) is 0. The molecule has 0 saturated carbocycles. The molecule has 0 amide bonds. The number of hydrogen-bond acceptors (Lipinski definition) is 1. The summed E-state index contributed by atoms with van der Waals surface area (Å²) >= 11 is 0. The van der Waals surface area contributed by atoms with E-state index in [2.05, 4.69) is 37.9 Å². The van der Waals surface area contributed by atoms with Gasteiger partial charge in [0.05, 0.1) is 0 Å². The second-order valence-corrected chi connectivity index (χ2v) is 3.99. The van der Waals surface area contributed by atoms with E-state index in [1.54, 1.807) is 0 Å². The topological polar surface area (TPSA) is 12.9 Å². The summed E-state index contributed by atoms with van der Waals surface area (Å²) in [6.07, 6.45) is 4.32. The second kappa shape index (κ2) is 5.00. The van der Waals surface area contributed by atoms with Crippen LogP contribution in [-0.4, -0.2) is 4.98 Å². The summed E-state index contributed by atoms with van der Waals surface area (Å²) in [6, 6.07) is 6.19. The van der Waals surface area contributed by atoms with Gasteiger partial charge in [-0.05, 0) is 30.9 Å². The van der Waals surface area contributed by atoms with Crippen molar-refractivity contribution in [2.24, 2.45) is 5.92 Å². The van der Waals surface area contributed by atoms with Crippen molar-refractivity contribution in [1.82, 2.24) is 4.98 Å². The van der Waals surface area contributed by atoms with E-state index in [-0.39, 0.29) is 0 Å². The molecule has 0 fully saturated rings. The summed E-state index contributed by atoms with van der Waals surface area (Å²) in [4.78, 5) is 4.40. The zero-order valence-corrected chi connectivity index (χ0v) is 8.83. The first-order valence-corrected chi connectivity index (χ1v) is 5.15. The molecule has 1 aromatic heterocycles. The van der Waals surface area contributed by atoms with Gasteiger partial charge >= 0.3 is 0 Å². The Morgan fingerprint density at radius 2 is 2.08 bits per heavy atom. The molecule has 72 valence electrons. The van der Waals surface area contributed by atoms with Crippen molar-refractivity contribution in [3.63, 3.8) is 0 Å². The van der Waals surface area contributed by atoms with Crippen LogP contribution in [0.4, 0.5) is 0 Å². The minimum absolute atomic E-state index is 0.640. The molecule has 1 unspecified atom stereocenters. The van der Waals surface area contributed by atoms with E-state index < -0.39 is 0 Å². The Morgan fingerprint density at radius 1 is 1.31 bits per heavy atom. The van der Waals surface area contributed by atoms with Gasteiger partial charge in [0.1, 0.15) is 0 Å². The fourth-order valence-electron chi connectivity index (χ4n) is 1.68. The maximum atomic E-state index is 4.40. The third-order valence-electron chi connectivity index (χ3n) is 2.35. The predicted octanol–water partition coefficient (Wildman–Crippen LogP) is 3.62. The van der Waals surface area contributed by atoms with E-state index in [1.807, 2.05) is 12.3 Å². The van der Waals surface area contributed by atoms with Gasteiger partial charge in [0.15, 0.2) is 0 Å². The molecule has 0 aromatic carbocycles. The maximum absolute atomic E-state index is 4.40. The zero-order valence-electron chi connectivity index (χ0n) is 8.83. The second-order valence-electron chi connectivity index (χ2n) is 3.99. The van der Waals surface area contributed by atoms with E-state index in [0.717, 1.165) is 5.92 Å². The van der Waals surface area contributed by atoms with Crippen LogP contribution in [0.3, 0.4) is 0 Å². The minimum atomic E-state index is 0.640. The van der Waals surface area contributed by atoms with Crippen LogP contribution in [0.25, 0.3) is 0 Å². The normalized spacial score (nSPS) is 13.2. The molecule has 0 aliphatic rings. The van der Waals surface area contributed by atoms with Crippen molar-refractivity contribution in [2.75, 3.05) is 0 Å². The van der Waals surface area contributed by atoms with Gasteiger partial charge in [-0.3, -0.25) is 4.98 Å². The van der Waals surface area contributed by atoms with Crippen LogP contribution in [0.1, 0.15) is 45.2 Å². The minimum Gasteiger partial charge on any atom is -0.261 e. The van der Waals surface area contributed by atoms with Crippen molar-refractivity contribution in [2.45, 2.75) is 39.5 Å². The van der Waals surface area contributed by atoms with Gasteiger partial charge in [-0.15, -0.1) is 0 Å². The first-order chi connectivity index (χ1) is 6.24. The lowest BCUT2D eigenvalue weighted by molar-refractivity contribution is 0.481. The molecule has 13 heavy (non-hydrogen) atoms. The van der Waals surface area contributed by atoms with Crippen LogP contribution in [-0.2, 0) is 0 Å². The highest BCUT2D eigenvalue weighted by Gasteiger charge is 2.11. The fraction of sp³-hybridized carbons (Fsp3) is 0.583. The van der Waals surface area contributed by atoms with Gasteiger partial charge in [-0.2, -0.15) is 0 Å². The van der Waals surface area contributed by atoms with E-state index in [1.165, 1.54) is 18.5 Å². The smallest absolute Gasteiger partial charge is 0.0434 e. The number of aromatic nitrogens is 1. The third-order valence-corrected chi connectivity index (χ3v) is 2.35. The van der Waals surface area contributed by atoms with Gasteiger partial charge in [-0.1, -0.05) is 26.8 Å². The first-order valence-electron chi connectivity index (χ1n) is 5.15. The first kappa shape index (κ1) is 10.2. The lowest BCUT2D eigenvalue weighted by atomic mass is 9.92. The van der Waals surface area contributed by atoms with Crippen molar-refractivity contribution in [3.05, 3.63) is 30.1 Å². The fourth-order valence-corrected chi connectivity index (χ4v) is 1.68. The molecular formula is C12H19N. The average Bonchev–Trinajstić information content (AvgIpc) is 2.15. The summed E-state index contributed by atoms with van der Waals surface area (Å²) < 4.78 is 0. The predicted molar refractivity (Wildman–Crippen MR) is 56.7 cm³/mol. The van der Waals surface area contributed by atoms with Gasteiger partial charge in [0.2, 0.25) is 0 Å². The molecule has 0 aliphatic heterocycles. The Kier molecular flexibility index (Phi) is 3.94. The van der Waals surface area contributed by atoms with E-state index in [9.17, 15) is 0 Å². The van der Waals surface area contributed by atoms with Crippen LogP contribution in [0.2, 0.25) is 0 Å². The molecule has 1 heterocycles. The molecule has 1 aromatic rings. The molecule has 0 bridgehead atoms. The van der Waals surface area contributed by atoms with E-state index in [4.69, 9.17) is 0 Å². The van der Waals surface area contributed by atoms with Gasteiger partial charge in [0.25, 0.3) is 0 Å². The highest BCUT2D eigenvalue weighted by Crippen LogP contribution is 2.24. The summed E-state index contributed by atoms with van der Waals surface area (Å²) in [6.45, 7) is 6.78. The summed E-state index contributed by atoms with van der Waals surface area (Å²) in [5.41, 5.74) is 1.25. The van der Waals surface area contributed by atoms with Gasteiger partial charge < -0.3 is 0 Å². The Labute approximate surface area is 81.2 Å². The molecule has 1 rings (SSSR count). The summed E-state index contributed by atoms with van der Waals surface area (Å²) in [5, 5.41) is 0. The quantitative estimate of drug-likeness (QED) is 0.684. The largest absolute Gasteiger partial charge is 0.261 e. The van der Waals surface area contributed by atoms with Crippen molar-refractivity contribution >= 4 is 0 Å². The number of rotatable bonds is 4. The van der Waals surface area contributed by atoms with Gasteiger partial charge in [0, 0.05) is 17.8 Å². The van der Waals surface area contributed by atoms with Crippen LogP contribution >= 0.6 is 0 Å². The van der Waals surface area contributed by atoms with Crippen molar-refractivity contribution in [1.29, 1.82) is 0 Å². The molecule has 0 spiro atoms. The molecule has 0 aliphatic carbocycles. The SMILES string of the molecule is CCC(CC(C)C)c1ccccn1. The Morgan fingerprint density at radius 3 is 2.54 bits per heavy atom. The molecule has 0 radical (unpaired) electrons. The standard InChI is InChI=1S/C12H19N/c1-4-11(9-10(2)3)12-7-5-6-8-13-12/h5-8,10-11H,4,9H2,1-3H3. The zero-order chi connectivity index (χ0) is 9.68. The molecule has 1 heteroatoms. The Bertz CT molecular complexity index is 228. The third kappa shape index (κ3) is 3.17. The monoisotopic (exact) mass is 177 g/mol. The highest BCUT2D eigenvalue weighted by molar-refractivity contribution is 5.09. The Hall–Kier alpha value is -0.850.